The van der Waals surface area contributed by atoms with Crippen LogP contribution in [0, 0.1) is 17.8 Å². The van der Waals surface area contributed by atoms with Gasteiger partial charge in [0.15, 0.2) is 0 Å². The van der Waals surface area contributed by atoms with Gasteiger partial charge in [-0.2, -0.15) is 0 Å². The van der Waals surface area contributed by atoms with Gasteiger partial charge in [-0.15, -0.1) is 0 Å². The van der Waals surface area contributed by atoms with Gasteiger partial charge in [0.25, 0.3) is 5.91 Å². The number of Topliss-reactive ketones (excluding diaryl/α,β-unsaturated/α-hetero) is 1. The monoisotopic (exact) mass is 339 g/mol. The average Bonchev–Trinajstić information content (AvgIpc) is 2.58. The molecular formula is C21H41NO2. The Hall–Kier alpha value is -0.860. The molecule has 3 heteroatoms. The largest absolute Gasteiger partial charge is 0.336 e. The van der Waals surface area contributed by atoms with Crippen molar-refractivity contribution in [2.45, 2.75) is 92.9 Å². The molecule has 0 N–H and O–H groups in total. The van der Waals surface area contributed by atoms with Crippen molar-refractivity contribution < 1.29 is 9.59 Å². The second-order valence-electron chi connectivity index (χ2n) is 7.56. The Morgan fingerprint density at radius 3 is 1.50 bits per heavy atom. The van der Waals surface area contributed by atoms with E-state index in [0.717, 1.165) is 38.8 Å². The Bertz CT molecular complexity index is 334. The van der Waals surface area contributed by atoms with E-state index in [1.807, 2.05) is 18.7 Å². The highest BCUT2D eigenvalue weighted by molar-refractivity contribution is 6.36. The molecule has 0 aromatic carbocycles. The third kappa shape index (κ3) is 8.84. The van der Waals surface area contributed by atoms with Gasteiger partial charge >= 0.3 is 0 Å². The molecule has 0 bridgehead atoms. The van der Waals surface area contributed by atoms with Crippen molar-refractivity contribution in [3.8, 4) is 0 Å². The number of carbonyl (C=O) groups excluding carboxylic acids is 2. The Labute approximate surface area is 150 Å². The van der Waals surface area contributed by atoms with Crippen LogP contribution in [0.4, 0.5) is 0 Å². The Morgan fingerprint density at radius 1 is 0.792 bits per heavy atom. The van der Waals surface area contributed by atoms with Crippen LogP contribution in [0.5, 0.6) is 0 Å². The Kier molecular flexibility index (Phi) is 13.0. The third-order valence-corrected chi connectivity index (χ3v) is 5.07. The smallest absolute Gasteiger partial charge is 0.290 e. The van der Waals surface area contributed by atoms with Crippen LogP contribution in [0.2, 0.25) is 0 Å². The van der Waals surface area contributed by atoms with Crippen LogP contribution in [0.1, 0.15) is 92.9 Å². The number of amides is 1. The summed E-state index contributed by atoms with van der Waals surface area (Å²) in [7, 11) is 0. The van der Waals surface area contributed by atoms with E-state index >= 15 is 0 Å². The van der Waals surface area contributed by atoms with Crippen LogP contribution < -0.4 is 0 Å². The first-order valence-corrected chi connectivity index (χ1v) is 10.2. The molecule has 0 radical (unpaired) electrons. The SMILES string of the molecule is CCCCC(CC)CN(CC(CC)CCCC)C(=O)C(=O)C(C)C. The summed E-state index contributed by atoms with van der Waals surface area (Å²) in [5.74, 6) is 0.321. The number of ketones is 1. The second-order valence-corrected chi connectivity index (χ2v) is 7.56. The minimum Gasteiger partial charge on any atom is -0.336 e. The van der Waals surface area contributed by atoms with Gasteiger partial charge in [-0.05, 0) is 24.7 Å². The summed E-state index contributed by atoms with van der Waals surface area (Å²) >= 11 is 0. The lowest BCUT2D eigenvalue weighted by Gasteiger charge is -2.30. The summed E-state index contributed by atoms with van der Waals surface area (Å²) in [6, 6.07) is 0. The van der Waals surface area contributed by atoms with Crippen molar-refractivity contribution in [3.05, 3.63) is 0 Å². The maximum atomic E-state index is 12.7. The van der Waals surface area contributed by atoms with Gasteiger partial charge in [-0.1, -0.05) is 80.1 Å². The number of nitrogens with zero attached hydrogens (tertiary/aromatic N) is 1. The minimum atomic E-state index is -0.255. The minimum absolute atomic E-state index is 0.216. The van der Waals surface area contributed by atoms with Gasteiger partial charge in [-0.25, -0.2) is 0 Å². The number of hydrogen-bond acceptors (Lipinski definition) is 2. The average molecular weight is 340 g/mol. The molecule has 0 saturated heterocycles. The van der Waals surface area contributed by atoms with Crippen molar-refractivity contribution in [3.63, 3.8) is 0 Å². The highest BCUT2D eigenvalue weighted by Crippen LogP contribution is 2.19. The highest BCUT2D eigenvalue weighted by Gasteiger charge is 2.27. The first-order chi connectivity index (χ1) is 11.4. The lowest BCUT2D eigenvalue weighted by molar-refractivity contribution is -0.147. The van der Waals surface area contributed by atoms with E-state index in [9.17, 15) is 9.59 Å². The summed E-state index contributed by atoms with van der Waals surface area (Å²) in [5, 5.41) is 0. The summed E-state index contributed by atoms with van der Waals surface area (Å²) < 4.78 is 0. The molecule has 24 heavy (non-hydrogen) atoms. The van der Waals surface area contributed by atoms with E-state index in [4.69, 9.17) is 0 Å². The fraction of sp³-hybridized carbons (Fsp3) is 0.905. The van der Waals surface area contributed by atoms with Crippen LogP contribution in [-0.2, 0) is 9.59 Å². The molecule has 142 valence electrons. The summed E-state index contributed by atoms with van der Waals surface area (Å²) in [5.41, 5.74) is 0. The number of unbranched alkanes of at least 4 members (excludes halogenated alkanes) is 2. The third-order valence-electron chi connectivity index (χ3n) is 5.07. The van der Waals surface area contributed by atoms with E-state index in [2.05, 4.69) is 27.7 Å². The first kappa shape index (κ1) is 23.1. The van der Waals surface area contributed by atoms with Crippen LogP contribution in [0.15, 0.2) is 0 Å². The fourth-order valence-electron chi connectivity index (χ4n) is 3.10. The number of rotatable bonds is 14. The lowest BCUT2D eigenvalue weighted by Crippen LogP contribution is -2.43. The van der Waals surface area contributed by atoms with Gasteiger partial charge in [0.2, 0.25) is 5.78 Å². The summed E-state index contributed by atoms with van der Waals surface area (Å²) in [4.78, 5) is 26.9. The topological polar surface area (TPSA) is 37.4 Å². The van der Waals surface area contributed by atoms with Gasteiger partial charge in [0, 0.05) is 19.0 Å². The first-order valence-electron chi connectivity index (χ1n) is 10.2. The standard InChI is InChI=1S/C21H41NO2/c1-7-11-13-18(9-3)15-22(21(24)20(23)17(5)6)16-19(10-4)14-12-8-2/h17-19H,7-16H2,1-6H3. The van der Waals surface area contributed by atoms with Crippen molar-refractivity contribution in [2.75, 3.05) is 13.1 Å². The molecular weight excluding hydrogens is 298 g/mol. The normalized spacial score (nSPS) is 13.8. The zero-order valence-corrected chi connectivity index (χ0v) is 17.1. The van der Waals surface area contributed by atoms with E-state index < -0.39 is 0 Å². The predicted octanol–water partition coefficient (Wildman–Crippen LogP) is 5.47. The molecule has 2 unspecified atom stereocenters. The number of carbonyl (C=O) groups is 2. The zero-order chi connectivity index (χ0) is 18.5. The van der Waals surface area contributed by atoms with Crippen LogP contribution in [-0.4, -0.2) is 29.7 Å². The van der Waals surface area contributed by atoms with Gasteiger partial charge in [0.05, 0.1) is 0 Å². The van der Waals surface area contributed by atoms with E-state index in [1.165, 1.54) is 25.7 Å². The molecule has 0 aliphatic carbocycles. The quantitative estimate of drug-likeness (QED) is 0.393. The van der Waals surface area contributed by atoms with Crippen molar-refractivity contribution in [1.29, 1.82) is 0 Å². The molecule has 0 spiro atoms. The molecule has 1 amide bonds. The Balaban J connectivity index is 5.04. The molecule has 2 atom stereocenters. The van der Waals surface area contributed by atoms with Gasteiger partial charge in [-0.3, -0.25) is 9.59 Å². The number of hydrogen-bond donors (Lipinski definition) is 0. The molecule has 0 saturated carbocycles. The lowest BCUT2D eigenvalue weighted by atomic mass is 9.95. The fourth-order valence-corrected chi connectivity index (χ4v) is 3.10. The molecule has 0 aromatic rings. The van der Waals surface area contributed by atoms with Crippen LogP contribution >= 0.6 is 0 Å². The molecule has 0 aliphatic heterocycles. The van der Waals surface area contributed by atoms with E-state index in [1.54, 1.807) is 0 Å². The molecule has 0 fully saturated rings. The second kappa shape index (κ2) is 13.4. The van der Waals surface area contributed by atoms with Crippen molar-refractivity contribution >= 4 is 11.7 Å². The zero-order valence-electron chi connectivity index (χ0n) is 17.1. The summed E-state index contributed by atoms with van der Waals surface area (Å²) in [6.45, 7) is 13.9. The predicted molar refractivity (Wildman–Crippen MR) is 103 cm³/mol. The maximum Gasteiger partial charge on any atom is 0.290 e. The van der Waals surface area contributed by atoms with Gasteiger partial charge < -0.3 is 4.90 Å². The molecule has 0 aliphatic rings. The van der Waals surface area contributed by atoms with E-state index in [0.29, 0.717) is 11.8 Å². The Morgan fingerprint density at radius 2 is 1.21 bits per heavy atom. The molecule has 3 nitrogen and oxygen atoms in total. The van der Waals surface area contributed by atoms with Crippen molar-refractivity contribution in [2.24, 2.45) is 17.8 Å². The molecule has 0 heterocycles. The molecule has 0 rings (SSSR count). The molecule has 0 aromatic heterocycles. The summed E-state index contributed by atoms with van der Waals surface area (Å²) in [6.07, 6.45) is 9.22. The van der Waals surface area contributed by atoms with Crippen LogP contribution in [0.3, 0.4) is 0 Å². The van der Waals surface area contributed by atoms with Crippen LogP contribution in [0.25, 0.3) is 0 Å². The highest BCUT2D eigenvalue weighted by atomic mass is 16.2. The maximum absolute atomic E-state index is 12.7. The van der Waals surface area contributed by atoms with Crippen molar-refractivity contribution in [1.82, 2.24) is 4.90 Å². The van der Waals surface area contributed by atoms with Gasteiger partial charge in [0.1, 0.15) is 0 Å². The van der Waals surface area contributed by atoms with E-state index in [-0.39, 0.29) is 17.6 Å².